The van der Waals surface area contributed by atoms with Gasteiger partial charge in [-0.3, -0.25) is 25.2 Å². The van der Waals surface area contributed by atoms with Gasteiger partial charge >= 0.3 is 0 Å². The molecule has 1 unspecified atom stereocenters. The van der Waals surface area contributed by atoms with Crippen molar-refractivity contribution in [3.05, 3.63) is 90.2 Å². The summed E-state index contributed by atoms with van der Waals surface area (Å²) in [4.78, 5) is 39.2. The minimum atomic E-state index is -0.494. The van der Waals surface area contributed by atoms with Gasteiger partial charge in [0, 0.05) is 18.7 Å². The van der Waals surface area contributed by atoms with Crippen LogP contribution in [-0.4, -0.2) is 42.3 Å². The van der Waals surface area contributed by atoms with Crippen molar-refractivity contribution in [3.63, 3.8) is 0 Å². The maximum atomic E-state index is 13.1. The third-order valence-corrected chi connectivity index (χ3v) is 6.07. The van der Waals surface area contributed by atoms with Crippen molar-refractivity contribution < 1.29 is 23.5 Å². The van der Waals surface area contributed by atoms with E-state index < -0.39 is 11.8 Å². The monoisotopic (exact) mass is 489 g/mol. The zero-order valence-electron chi connectivity index (χ0n) is 19.8. The lowest BCUT2D eigenvalue weighted by Gasteiger charge is -2.32. The van der Waals surface area contributed by atoms with Gasteiger partial charge in [0.15, 0.2) is 6.61 Å². The fourth-order valence-electron chi connectivity index (χ4n) is 4.17. The molecule has 8 heteroatoms. The van der Waals surface area contributed by atoms with Crippen LogP contribution in [0, 0.1) is 11.7 Å². The third-order valence-electron chi connectivity index (χ3n) is 6.07. The van der Waals surface area contributed by atoms with E-state index in [-0.39, 0.29) is 37.2 Å². The first-order chi connectivity index (χ1) is 17.5. The van der Waals surface area contributed by atoms with Gasteiger partial charge in [0.25, 0.3) is 5.91 Å². The topological polar surface area (TPSA) is 87.7 Å². The van der Waals surface area contributed by atoms with Crippen LogP contribution in [-0.2, 0) is 20.8 Å². The summed E-state index contributed by atoms with van der Waals surface area (Å²) >= 11 is 0. The van der Waals surface area contributed by atoms with Gasteiger partial charge in [0.1, 0.15) is 11.6 Å². The molecule has 4 rings (SSSR count). The van der Waals surface area contributed by atoms with Gasteiger partial charge in [-0.25, -0.2) is 4.39 Å². The highest BCUT2D eigenvalue weighted by atomic mass is 19.1. The number of carbonyl (C=O) groups is 3. The number of amides is 3. The lowest BCUT2D eigenvalue weighted by atomic mass is 9.97. The lowest BCUT2D eigenvalue weighted by Crippen LogP contribution is -2.51. The Balaban J connectivity index is 1.24. The van der Waals surface area contributed by atoms with E-state index >= 15 is 0 Å². The van der Waals surface area contributed by atoms with Gasteiger partial charge in [-0.05, 0) is 42.2 Å². The number of benzene rings is 3. The minimum Gasteiger partial charge on any atom is -0.483 e. The van der Waals surface area contributed by atoms with E-state index in [9.17, 15) is 18.8 Å². The molecule has 186 valence electrons. The van der Waals surface area contributed by atoms with Crippen LogP contribution in [0.5, 0.6) is 5.75 Å². The third kappa shape index (κ3) is 6.69. The van der Waals surface area contributed by atoms with E-state index in [1.54, 1.807) is 23.1 Å². The van der Waals surface area contributed by atoms with E-state index in [1.165, 1.54) is 12.1 Å². The van der Waals surface area contributed by atoms with Crippen LogP contribution < -0.4 is 15.6 Å². The Bertz CT molecular complexity index is 1200. The van der Waals surface area contributed by atoms with Crippen molar-refractivity contribution in [2.24, 2.45) is 5.92 Å². The fourth-order valence-corrected chi connectivity index (χ4v) is 4.17. The van der Waals surface area contributed by atoms with Gasteiger partial charge in [0.2, 0.25) is 11.8 Å². The molecule has 0 aliphatic carbocycles. The van der Waals surface area contributed by atoms with Crippen molar-refractivity contribution in [1.82, 2.24) is 15.8 Å². The Hall–Kier alpha value is -4.20. The molecule has 2 N–H and O–H groups in total. The fraction of sp³-hybridized carbons (Fsp3) is 0.250. The number of nitrogens with one attached hydrogen (secondary N) is 2. The van der Waals surface area contributed by atoms with Crippen molar-refractivity contribution in [2.75, 3.05) is 19.7 Å². The highest BCUT2D eigenvalue weighted by molar-refractivity contribution is 5.85. The second-order valence-corrected chi connectivity index (χ2v) is 8.67. The number of ether oxygens (including phenoxy) is 1. The number of rotatable bonds is 7. The minimum absolute atomic E-state index is 0.117. The van der Waals surface area contributed by atoms with E-state index in [0.29, 0.717) is 30.7 Å². The summed E-state index contributed by atoms with van der Waals surface area (Å²) in [6.07, 6.45) is 1.44. The summed E-state index contributed by atoms with van der Waals surface area (Å²) in [7, 11) is 0. The van der Waals surface area contributed by atoms with Crippen molar-refractivity contribution >= 4 is 17.7 Å². The number of likely N-dealkylation sites (tertiary alicyclic amines) is 1. The van der Waals surface area contributed by atoms with Crippen molar-refractivity contribution in [3.8, 4) is 16.9 Å². The van der Waals surface area contributed by atoms with Gasteiger partial charge in [-0.15, -0.1) is 0 Å². The molecule has 3 amide bonds. The Kier molecular flexibility index (Phi) is 8.28. The zero-order valence-corrected chi connectivity index (χ0v) is 19.8. The standard InChI is InChI=1S/C28H28FN3O4/c29-23-14-12-20(13-15-23)17-27(34)32-16-6-9-22(18-32)28(35)31-30-26(33)19-36-25-11-5-4-10-24(25)21-7-2-1-3-8-21/h1-5,7-8,10-15,22H,6,9,16-19H2,(H,30,33)(H,31,35). The molecule has 7 nitrogen and oxygen atoms in total. The maximum absolute atomic E-state index is 13.1. The molecule has 0 aromatic heterocycles. The number of carbonyl (C=O) groups excluding carboxylic acids is 3. The maximum Gasteiger partial charge on any atom is 0.276 e. The first-order valence-electron chi connectivity index (χ1n) is 11.9. The molecule has 1 fully saturated rings. The van der Waals surface area contributed by atoms with Crippen LogP contribution in [0.15, 0.2) is 78.9 Å². The first-order valence-corrected chi connectivity index (χ1v) is 11.9. The van der Waals surface area contributed by atoms with Crippen LogP contribution in [0.4, 0.5) is 4.39 Å². The molecular formula is C28H28FN3O4. The van der Waals surface area contributed by atoms with E-state index in [0.717, 1.165) is 11.1 Å². The molecule has 1 saturated heterocycles. The number of hydrazine groups is 1. The number of halogens is 1. The van der Waals surface area contributed by atoms with Crippen molar-refractivity contribution in [2.45, 2.75) is 19.3 Å². The summed E-state index contributed by atoms with van der Waals surface area (Å²) in [5.41, 5.74) is 7.40. The summed E-state index contributed by atoms with van der Waals surface area (Å²) < 4.78 is 18.8. The molecule has 36 heavy (non-hydrogen) atoms. The van der Waals surface area contributed by atoms with Crippen LogP contribution in [0.1, 0.15) is 18.4 Å². The highest BCUT2D eigenvalue weighted by Gasteiger charge is 2.28. The quantitative estimate of drug-likeness (QED) is 0.498. The number of piperidine rings is 1. The number of hydrogen-bond acceptors (Lipinski definition) is 4. The zero-order chi connectivity index (χ0) is 25.3. The summed E-state index contributed by atoms with van der Waals surface area (Å²) in [5, 5.41) is 0. The van der Waals surface area contributed by atoms with E-state index in [4.69, 9.17) is 4.74 Å². The van der Waals surface area contributed by atoms with Gasteiger partial charge in [0.05, 0.1) is 12.3 Å². The average Bonchev–Trinajstić information content (AvgIpc) is 2.92. The molecule has 3 aromatic rings. The summed E-state index contributed by atoms with van der Waals surface area (Å²) in [5.74, 6) is -1.19. The predicted octanol–water partition coefficient (Wildman–Crippen LogP) is 3.50. The Labute approximate surface area is 209 Å². The molecule has 1 aliphatic rings. The Morgan fingerprint density at radius 1 is 0.917 bits per heavy atom. The van der Waals surface area contributed by atoms with Gasteiger partial charge in [-0.1, -0.05) is 60.7 Å². The summed E-state index contributed by atoms with van der Waals surface area (Å²) in [6.45, 7) is 0.560. The molecule has 0 saturated carbocycles. The van der Waals surface area contributed by atoms with Crippen LogP contribution in [0.3, 0.4) is 0 Å². The Morgan fingerprint density at radius 2 is 1.64 bits per heavy atom. The largest absolute Gasteiger partial charge is 0.483 e. The number of para-hydroxylation sites is 1. The SMILES string of the molecule is O=C(COc1ccccc1-c1ccccc1)NNC(=O)C1CCCN(C(=O)Cc2ccc(F)cc2)C1. The van der Waals surface area contributed by atoms with Crippen LogP contribution >= 0.6 is 0 Å². The second-order valence-electron chi connectivity index (χ2n) is 8.67. The van der Waals surface area contributed by atoms with Crippen LogP contribution in [0.25, 0.3) is 11.1 Å². The second kappa shape index (κ2) is 12.0. The van der Waals surface area contributed by atoms with E-state index in [1.807, 2.05) is 48.5 Å². The predicted molar refractivity (Wildman–Crippen MR) is 133 cm³/mol. The Morgan fingerprint density at radius 3 is 2.42 bits per heavy atom. The molecule has 0 bridgehead atoms. The molecule has 1 aliphatic heterocycles. The highest BCUT2D eigenvalue weighted by Crippen LogP contribution is 2.29. The van der Waals surface area contributed by atoms with E-state index in [2.05, 4.69) is 10.9 Å². The average molecular weight is 490 g/mol. The smallest absolute Gasteiger partial charge is 0.276 e. The molecule has 3 aromatic carbocycles. The number of hydrogen-bond donors (Lipinski definition) is 2. The molecule has 1 heterocycles. The summed E-state index contributed by atoms with van der Waals surface area (Å²) in [6, 6.07) is 22.9. The molecule has 1 atom stereocenters. The normalized spacial score (nSPS) is 15.1. The van der Waals surface area contributed by atoms with Crippen molar-refractivity contribution in [1.29, 1.82) is 0 Å². The van der Waals surface area contributed by atoms with Gasteiger partial charge in [-0.2, -0.15) is 0 Å². The van der Waals surface area contributed by atoms with Crippen LogP contribution in [0.2, 0.25) is 0 Å². The van der Waals surface area contributed by atoms with Gasteiger partial charge < -0.3 is 9.64 Å². The lowest BCUT2D eigenvalue weighted by molar-refractivity contribution is -0.137. The first kappa shape index (κ1) is 24.9. The molecular weight excluding hydrogens is 461 g/mol. The number of nitrogens with zero attached hydrogens (tertiary/aromatic N) is 1. The molecule has 0 spiro atoms. The molecule has 0 radical (unpaired) electrons.